The summed E-state index contributed by atoms with van der Waals surface area (Å²) in [7, 11) is 0. The number of nitrogens with zero attached hydrogens (tertiary/aromatic N) is 3. The SMILES string of the molecule is C=C(NC[C@H](CNCc1ccc(C(=O)NCCN(CCCCCC)C[C@H](O)[C@@H](O)[C@H](O)CO)cc1)Cc1ccccc1C)c1nc(Cl)c(N)nc1N. The van der Waals surface area contributed by atoms with Gasteiger partial charge in [0.15, 0.2) is 16.8 Å². The molecule has 3 rings (SSSR count). The highest BCUT2D eigenvalue weighted by atomic mass is 35.5. The van der Waals surface area contributed by atoms with Crippen LogP contribution in [0.3, 0.4) is 0 Å². The first-order valence-corrected chi connectivity index (χ1v) is 18.3. The lowest BCUT2D eigenvalue weighted by Crippen LogP contribution is -2.47. The minimum absolute atomic E-state index is 0.0644. The molecule has 4 atom stereocenters. The lowest BCUT2D eigenvalue weighted by molar-refractivity contribution is -0.0840. The van der Waals surface area contributed by atoms with Gasteiger partial charge in [0, 0.05) is 44.8 Å². The van der Waals surface area contributed by atoms with E-state index in [2.05, 4.69) is 58.5 Å². The zero-order chi connectivity index (χ0) is 38.0. The molecule has 1 aromatic heterocycles. The molecule has 1 amide bonds. The van der Waals surface area contributed by atoms with Gasteiger partial charge >= 0.3 is 0 Å². The summed E-state index contributed by atoms with van der Waals surface area (Å²) in [4.78, 5) is 23.2. The number of nitrogen functional groups attached to an aromatic ring is 2. The molecule has 11 N–H and O–H groups in total. The van der Waals surface area contributed by atoms with Gasteiger partial charge in [0.05, 0.1) is 18.4 Å². The van der Waals surface area contributed by atoms with Crippen molar-refractivity contribution in [2.45, 2.75) is 70.8 Å². The molecule has 52 heavy (non-hydrogen) atoms. The Balaban J connectivity index is 1.53. The van der Waals surface area contributed by atoms with Gasteiger partial charge < -0.3 is 47.8 Å². The highest BCUT2D eigenvalue weighted by molar-refractivity contribution is 6.31. The number of anilines is 2. The molecular weight excluding hydrogens is 684 g/mol. The number of benzene rings is 2. The van der Waals surface area contributed by atoms with Gasteiger partial charge in [-0.25, -0.2) is 9.97 Å². The fourth-order valence-corrected chi connectivity index (χ4v) is 5.93. The third kappa shape index (κ3) is 14.0. The zero-order valence-corrected chi connectivity index (χ0v) is 31.2. The Bertz CT molecular complexity index is 1550. The number of nitrogens with two attached hydrogens (primary N) is 2. The molecule has 0 bridgehead atoms. The third-order valence-corrected chi connectivity index (χ3v) is 9.28. The summed E-state index contributed by atoms with van der Waals surface area (Å²) in [5.74, 6) is 0.183. The standard InChI is InChI=1S/C38H57ClN8O5/c1-4-5-6-9-17-47(23-31(49)34(51)32(50)24-48)18-16-43-38(52)29-14-12-27(13-15-29)20-42-21-28(19-30-11-8-7-10-25(30)2)22-44-26(3)33-36(40)46-37(41)35(39)45-33/h7-8,10-15,28,31-32,34,42,44,48-51H,3-6,9,16-24H2,1-2H3,(H,43,52)(H4,40,41,46)/t28-,31-,32+,34+/m0/s1. The van der Waals surface area contributed by atoms with Crippen molar-refractivity contribution in [1.82, 2.24) is 30.8 Å². The summed E-state index contributed by atoms with van der Waals surface area (Å²) in [6, 6.07) is 15.7. The monoisotopic (exact) mass is 740 g/mol. The van der Waals surface area contributed by atoms with Crippen molar-refractivity contribution in [1.29, 1.82) is 0 Å². The minimum Gasteiger partial charge on any atom is -0.394 e. The zero-order valence-electron chi connectivity index (χ0n) is 30.4. The van der Waals surface area contributed by atoms with Crippen LogP contribution in [0.2, 0.25) is 5.15 Å². The molecule has 0 radical (unpaired) electrons. The maximum atomic E-state index is 12.9. The summed E-state index contributed by atoms with van der Waals surface area (Å²) in [6.45, 7) is 11.1. The van der Waals surface area contributed by atoms with Crippen LogP contribution in [0, 0.1) is 12.8 Å². The Labute approximate surface area is 312 Å². The topological polar surface area (TPSA) is 215 Å². The van der Waals surface area contributed by atoms with E-state index in [1.807, 2.05) is 29.2 Å². The second kappa shape index (κ2) is 22.3. The number of carbonyl (C=O) groups is 1. The number of rotatable bonds is 24. The summed E-state index contributed by atoms with van der Waals surface area (Å²) in [5.41, 5.74) is 16.7. The smallest absolute Gasteiger partial charge is 0.251 e. The number of hydrogen-bond donors (Lipinski definition) is 9. The second-order valence-corrected chi connectivity index (χ2v) is 13.6. The molecule has 14 heteroatoms. The fourth-order valence-electron chi connectivity index (χ4n) is 5.80. The maximum absolute atomic E-state index is 12.9. The molecule has 0 saturated carbocycles. The Morgan fingerprint density at radius 1 is 0.942 bits per heavy atom. The quantitative estimate of drug-likeness (QED) is 0.0606. The van der Waals surface area contributed by atoms with Gasteiger partial charge in [0.2, 0.25) is 0 Å². The molecule has 0 saturated heterocycles. The van der Waals surface area contributed by atoms with Crippen molar-refractivity contribution in [3.8, 4) is 0 Å². The largest absolute Gasteiger partial charge is 0.394 e. The highest BCUT2D eigenvalue weighted by Crippen LogP contribution is 2.22. The average molecular weight is 741 g/mol. The number of aromatic nitrogens is 2. The highest BCUT2D eigenvalue weighted by Gasteiger charge is 2.26. The number of halogens is 1. The number of aliphatic hydroxyl groups is 4. The van der Waals surface area contributed by atoms with E-state index in [4.69, 9.17) is 28.2 Å². The second-order valence-electron chi connectivity index (χ2n) is 13.2. The number of amides is 1. The number of nitrogens with one attached hydrogen (secondary N) is 3. The molecule has 0 aliphatic heterocycles. The Morgan fingerprint density at radius 3 is 2.37 bits per heavy atom. The van der Waals surface area contributed by atoms with Crippen molar-refractivity contribution in [3.63, 3.8) is 0 Å². The summed E-state index contributed by atoms with van der Waals surface area (Å²) in [6.07, 6.45) is 0.830. The molecule has 0 unspecified atom stereocenters. The van der Waals surface area contributed by atoms with Gasteiger partial charge in [-0.1, -0.05) is 80.8 Å². The van der Waals surface area contributed by atoms with Crippen LogP contribution >= 0.6 is 11.6 Å². The van der Waals surface area contributed by atoms with E-state index in [-0.39, 0.29) is 35.2 Å². The predicted octanol–water partition coefficient (Wildman–Crippen LogP) is 2.50. The van der Waals surface area contributed by atoms with E-state index in [0.29, 0.717) is 56.2 Å². The molecule has 0 aliphatic carbocycles. The van der Waals surface area contributed by atoms with Gasteiger partial charge in [-0.2, -0.15) is 0 Å². The Hall–Kier alpha value is -3.82. The first-order valence-electron chi connectivity index (χ1n) is 17.9. The van der Waals surface area contributed by atoms with Gasteiger partial charge in [0.1, 0.15) is 17.9 Å². The van der Waals surface area contributed by atoms with Crippen molar-refractivity contribution in [2.75, 3.05) is 57.3 Å². The average Bonchev–Trinajstić information content (AvgIpc) is 3.13. The summed E-state index contributed by atoms with van der Waals surface area (Å²) >= 11 is 6.08. The molecule has 0 aliphatic rings. The number of unbranched alkanes of at least 4 members (excludes halogenated alkanes) is 3. The van der Waals surface area contributed by atoms with Crippen LogP contribution in [-0.2, 0) is 13.0 Å². The van der Waals surface area contributed by atoms with E-state index in [1.54, 1.807) is 12.1 Å². The van der Waals surface area contributed by atoms with Gasteiger partial charge in [-0.05, 0) is 61.1 Å². The van der Waals surface area contributed by atoms with Crippen LogP contribution < -0.4 is 27.4 Å². The van der Waals surface area contributed by atoms with Gasteiger partial charge in [-0.15, -0.1) is 0 Å². The predicted molar refractivity (Wildman–Crippen MR) is 207 cm³/mol. The lowest BCUT2D eigenvalue weighted by Gasteiger charge is -2.29. The molecule has 0 fully saturated rings. The lowest BCUT2D eigenvalue weighted by atomic mass is 9.95. The first kappa shape index (κ1) is 42.6. The molecule has 286 valence electrons. The number of hydrogen-bond acceptors (Lipinski definition) is 12. The Morgan fingerprint density at radius 2 is 1.67 bits per heavy atom. The van der Waals surface area contributed by atoms with E-state index in [0.717, 1.165) is 37.7 Å². The fraction of sp³-hybridized carbons (Fsp3) is 0.500. The van der Waals surface area contributed by atoms with Crippen LogP contribution in [0.4, 0.5) is 11.6 Å². The van der Waals surface area contributed by atoms with Crippen molar-refractivity contribution in [3.05, 3.63) is 88.2 Å². The molecule has 1 heterocycles. The van der Waals surface area contributed by atoms with Crippen LogP contribution in [0.1, 0.15) is 65.3 Å². The number of aliphatic hydroxyl groups excluding tert-OH is 4. The van der Waals surface area contributed by atoms with Crippen LogP contribution in [-0.4, -0.2) is 105 Å². The number of carbonyl (C=O) groups excluding carboxylic acids is 1. The van der Waals surface area contributed by atoms with Crippen LogP contribution in [0.5, 0.6) is 0 Å². The van der Waals surface area contributed by atoms with Crippen LogP contribution in [0.15, 0.2) is 55.1 Å². The summed E-state index contributed by atoms with van der Waals surface area (Å²) < 4.78 is 0. The molecule has 0 spiro atoms. The van der Waals surface area contributed by atoms with E-state index >= 15 is 0 Å². The van der Waals surface area contributed by atoms with E-state index in [9.17, 15) is 20.1 Å². The Kier molecular flexibility index (Phi) is 18.3. The molecule has 13 nitrogen and oxygen atoms in total. The third-order valence-electron chi connectivity index (χ3n) is 9.01. The van der Waals surface area contributed by atoms with Crippen molar-refractivity contribution >= 4 is 34.8 Å². The van der Waals surface area contributed by atoms with Gasteiger partial charge in [0.25, 0.3) is 5.91 Å². The van der Waals surface area contributed by atoms with E-state index in [1.165, 1.54) is 11.1 Å². The maximum Gasteiger partial charge on any atom is 0.251 e. The summed E-state index contributed by atoms with van der Waals surface area (Å²) in [5, 5.41) is 49.3. The van der Waals surface area contributed by atoms with Crippen LogP contribution in [0.25, 0.3) is 5.70 Å². The molecule has 3 aromatic rings. The first-order chi connectivity index (χ1) is 24.9. The minimum atomic E-state index is -1.46. The van der Waals surface area contributed by atoms with Gasteiger partial charge in [-0.3, -0.25) is 9.69 Å². The normalized spacial score (nSPS) is 13.8. The number of aryl methyl sites for hydroxylation is 1. The van der Waals surface area contributed by atoms with E-state index < -0.39 is 24.9 Å². The molecular formula is C38H57ClN8O5. The van der Waals surface area contributed by atoms with Crippen molar-refractivity contribution < 1.29 is 25.2 Å². The van der Waals surface area contributed by atoms with Crippen molar-refractivity contribution in [2.24, 2.45) is 5.92 Å². The molecule has 2 aromatic carbocycles.